The highest BCUT2D eigenvalue weighted by Crippen LogP contribution is 2.55. The SMILES string of the molecule is COCC(=O)N[C@H]1CC[C@]2(C)CCC([C@H](C)C(=O)NC3CC3)[C@H](O)[C@H]2[C@@H]1C. The molecule has 0 bridgehead atoms. The number of aliphatic hydroxyl groups is 1. The van der Waals surface area contributed by atoms with Gasteiger partial charge >= 0.3 is 0 Å². The molecule has 0 saturated heterocycles. The fourth-order valence-corrected chi connectivity index (χ4v) is 5.63. The van der Waals surface area contributed by atoms with Gasteiger partial charge in [-0.05, 0) is 61.7 Å². The number of carbonyl (C=O) groups is 2. The van der Waals surface area contributed by atoms with Crippen LogP contribution in [0.15, 0.2) is 0 Å². The molecule has 0 heterocycles. The molecular formula is C21H36N2O4. The van der Waals surface area contributed by atoms with E-state index in [4.69, 9.17) is 4.74 Å². The smallest absolute Gasteiger partial charge is 0.246 e. The highest BCUT2D eigenvalue weighted by atomic mass is 16.5. The summed E-state index contributed by atoms with van der Waals surface area (Å²) in [5.74, 6) is 0.0455. The van der Waals surface area contributed by atoms with Gasteiger partial charge in [0.05, 0.1) is 6.10 Å². The van der Waals surface area contributed by atoms with Gasteiger partial charge in [-0.15, -0.1) is 0 Å². The maximum absolute atomic E-state index is 12.5. The molecule has 3 aliphatic rings. The lowest BCUT2D eigenvalue weighted by molar-refractivity contribution is -0.144. The summed E-state index contributed by atoms with van der Waals surface area (Å²) < 4.78 is 4.93. The normalized spacial score (nSPS) is 40.0. The topological polar surface area (TPSA) is 87.7 Å². The molecule has 3 rings (SSSR count). The van der Waals surface area contributed by atoms with Crippen molar-refractivity contribution in [3.8, 4) is 0 Å². The average molecular weight is 381 g/mol. The summed E-state index contributed by atoms with van der Waals surface area (Å²) in [5, 5.41) is 17.5. The zero-order valence-electron chi connectivity index (χ0n) is 17.2. The summed E-state index contributed by atoms with van der Waals surface area (Å²) in [6.45, 7) is 6.43. The van der Waals surface area contributed by atoms with Crippen LogP contribution in [-0.4, -0.2) is 48.8 Å². The van der Waals surface area contributed by atoms with E-state index < -0.39 is 6.10 Å². The molecule has 3 aliphatic carbocycles. The molecular weight excluding hydrogens is 344 g/mol. The number of ether oxygens (including phenoxy) is 1. The fourth-order valence-electron chi connectivity index (χ4n) is 5.63. The first kappa shape index (κ1) is 20.6. The Morgan fingerprint density at radius 3 is 2.48 bits per heavy atom. The highest BCUT2D eigenvalue weighted by molar-refractivity contribution is 5.79. The van der Waals surface area contributed by atoms with E-state index in [0.717, 1.165) is 38.5 Å². The van der Waals surface area contributed by atoms with Crippen LogP contribution >= 0.6 is 0 Å². The molecule has 6 nitrogen and oxygen atoms in total. The summed E-state index contributed by atoms with van der Waals surface area (Å²) in [7, 11) is 1.52. The van der Waals surface area contributed by atoms with Crippen LogP contribution in [0.3, 0.4) is 0 Å². The van der Waals surface area contributed by atoms with E-state index in [9.17, 15) is 14.7 Å². The monoisotopic (exact) mass is 380 g/mol. The molecule has 154 valence electrons. The van der Waals surface area contributed by atoms with Crippen LogP contribution in [0.25, 0.3) is 0 Å². The summed E-state index contributed by atoms with van der Waals surface area (Å²) in [5.41, 5.74) is 0.0739. The molecule has 0 spiro atoms. The number of hydrogen-bond donors (Lipinski definition) is 3. The second kappa shape index (κ2) is 8.08. The van der Waals surface area contributed by atoms with Crippen molar-refractivity contribution >= 4 is 11.8 Å². The second-order valence-corrected chi connectivity index (χ2v) is 9.45. The van der Waals surface area contributed by atoms with Crippen molar-refractivity contribution in [1.29, 1.82) is 0 Å². The number of aliphatic hydroxyl groups excluding tert-OH is 1. The zero-order chi connectivity index (χ0) is 19.8. The quantitative estimate of drug-likeness (QED) is 0.656. The molecule has 1 unspecified atom stereocenters. The number of amides is 2. The van der Waals surface area contributed by atoms with Gasteiger partial charge in [0, 0.05) is 25.1 Å². The Morgan fingerprint density at radius 2 is 1.85 bits per heavy atom. The number of hydrogen-bond acceptors (Lipinski definition) is 4. The highest BCUT2D eigenvalue weighted by Gasteiger charge is 2.54. The molecule has 0 aromatic carbocycles. The largest absolute Gasteiger partial charge is 0.392 e. The Bertz CT molecular complexity index is 564. The number of fused-ring (bicyclic) bond motifs is 1. The summed E-state index contributed by atoms with van der Waals surface area (Å²) >= 11 is 0. The first-order valence-electron chi connectivity index (χ1n) is 10.5. The standard InChI is InChI=1S/C21H36N2O4/c1-12(20(26)22-14-5-6-14)15-7-9-21(3)10-8-16(23-17(24)11-27-4)13(2)18(21)19(15)25/h12-16,18-19,25H,5-11H2,1-4H3,(H,22,26)(H,23,24)/t12-,13+,15?,16-,18+,19-,21-/m0/s1. The molecule has 0 radical (unpaired) electrons. The van der Waals surface area contributed by atoms with Crippen LogP contribution in [0.5, 0.6) is 0 Å². The van der Waals surface area contributed by atoms with Crippen LogP contribution < -0.4 is 10.6 Å². The van der Waals surface area contributed by atoms with Gasteiger partial charge in [0.15, 0.2) is 0 Å². The van der Waals surface area contributed by atoms with Gasteiger partial charge in [-0.1, -0.05) is 20.8 Å². The summed E-state index contributed by atoms with van der Waals surface area (Å²) in [6, 6.07) is 0.398. The van der Waals surface area contributed by atoms with E-state index in [1.54, 1.807) is 0 Å². The summed E-state index contributed by atoms with van der Waals surface area (Å²) in [6.07, 6.45) is 5.48. The fraction of sp³-hybridized carbons (Fsp3) is 0.905. The third-order valence-electron chi connectivity index (χ3n) is 7.49. The van der Waals surface area contributed by atoms with E-state index in [-0.39, 0.29) is 53.5 Å². The average Bonchev–Trinajstić information content (AvgIpc) is 3.41. The predicted octanol–water partition coefficient (Wildman–Crippen LogP) is 1.86. The molecule has 27 heavy (non-hydrogen) atoms. The minimum absolute atomic E-state index is 0.0160. The predicted molar refractivity (Wildman–Crippen MR) is 103 cm³/mol. The zero-order valence-corrected chi connectivity index (χ0v) is 17.2. The van der Waals surface area contributed by atoms with Crippen LogP contribution in [0, 0.1) is 29.1 Å². The van der Waals surface area contributed by atoms with Crippen LogP contribution in [-0.2, 0) is 14.3 Å². The number of nitrogens with one attached hydrogen (secondary N) is 2. The van der Waals surface area contributed by atoms with Crippen LogP contribution in [0.4, 0.5) is 0 Å². The van der Waals surface area contributed by atoms with Gasteiger partial charge in [0.1, 0.15) is 6.61 Å². The van der Waals surface area contributed by atoms with Gasteiger partial charge in [-0.25, -0.2) is 0 Å². The molecule has 0 aromatic heterocycles. The van der Waals surface area contributed by atoms with Crippen molar-refractivity contribution in [2.24, 2.45) is 29.1 Å². The maximum atomic E-state index is 12.5. The van der Waals surface area contributed by atoms with Crippen molar-refractivity contribution in [1.82, 2.24) is 10.6 Å². The van der Waals surface area contributed by atoms with Crippen molar-refractivity contribution in [2.75, 3.05) is 13.7 Å². The lowest BCUT2D eigenvalue weighted by Crippen LogP contribution is -2.58. The van der Waals surface area contributed by atoms with E-state index in [0.29, 0.717) is 6.04 Å². The molecule has 3 N–H and O–H groups in total. The molecule has 3 saturated carbocycles. The number of rotatable bonds is 6. The minimum Gasteiger partial charge on any atom is -0.392 e. The molecule has 7 atom stereocenters. The molecule has 3 fully saturated rings. The Balaban J connectivity index is 1.70. The lowest BCUT2D eigenvalue weighted by Gasteiger charge is -2.56. The third kappa shape index (κ3) is 4.32. The lowest BCUT2D eigenvalue weighted by atomic mass is 9.51. The molecule has 0 aromatic rings. The molecule has 0 aliphatic heterocycles. The maximum Gasteiger partial charge on any atom is 0.246 e. The third-order valence-corrected chi connectivity index (χ3v) is 7.49. The first-order valence-corrected chi connectivity index (χ1v) is 10.5. The Hall–Kier alpha value is -1.14. The van der Waals surface area contributed by atoms with E-state index >= 15 is 0 Å². The van der Waals surface area contributed by atoms with E-state index in [2.05, 4.69) is 24.5 Å². The first-order chi connectivity index (χ1) is 12.8. The Labute approximate surface area is 162 Å². The second-order valence-electron chi connectivity index (χ2n) is 9.45. The van der Waals surface area contributed by atoms with E-state index in [1.165, 1.54) is 7.11 Å². The molecule has 6 heteroatoms. The van der Waals surface area contributed by atoms with Crippen molar-refractivity contribution in [3.63, 3.8) is 0 Å². The Morgan fingerprint density at radius 1 is 1.19 bits per heavy atom. The van der Waals surface area contributed by atoms with Gasteiger partial charge in [-0.3, -0.25) is 9.59 Å². The van der Waals surface area contributed by atoms with Crippen LogP contribution in [0.1, 0.15) is 59.3 Å². The van der Waals surface area contributed by atoms with Crippen molar-refractivity contribution < 1.29 is 19.4 Å². The van der Waals surface area contributed by atoms with Gasteiger partial charge in [0.2, 0.25) is 11.8 Å². The van der Waals surface area contributed by atoms with Crippen LogP contribution in [0.2, 0.25) is 0 Å². The Kier molecular flexibility index (Phi) is 6.16. The van der Waals surface area contributed by atoms with Gasteiger partial charge in [-0.2, -0.15) is 0 Å². The summed E-state index contributed by atoms with van der Waals surface area (Å²) in [4.78, 5) is 24.5. The van der Waals surface area contributed by atoms with Gasteiger partial charge < -0.3 is 20.5 Å². The molecule has 2 amide bonds. The minimum atomic E-state index is -0.513. The van der Waals surface area contributed by atoms with E-state index in [1.807, 2.05) is 6.92 Å². The van der Waals surface area contributed by atoms with Crippen molar-refractivity contribution in [2.45, 2.75) is 77.5 Å². The van der Waals surface area contributed by atoms with Crippen molar-refractivity contribution in [3.05, 3.63) is 0 Å². The number of methoxy groups -OCH3 is 1. The van der Waals surface area contributed by atoms with Gasteiger partial charge in [0.25, 0.3) is 0 Å². The number of carbonyl (C=O) groups excluding carboxylic acids is 2.